The van der Waals surface area contributed by atoms with Gasteiger partial charge in [0.05, 0.1) is 16.8 Å². The maximum atomic E-state index is 12.3. The van der Waals surface area contributed by atoms with Gasteiger partial charge < -0.3 is 9.73 Å². The molecule has 0 aliphatic carbocycles. The molecule has 0 bridgehead atoms. The van der Waals surface area contributed by atoms with Crippen molar-refractivity contribution >= 4 is 33.2 Å². The third-order valence-electron chi connectivity index (χ3n) is 4.51. The van der Waals surface area contributed by atoms with Crippen LogP contribution in [0.25, 0.3) is 0 Å². The van der Waals surface area contributed by atoms with Gasteiger partial charge in [-0.2, -0.15) is 0 Å². The molecule has 3 rings (SSSR count). The minimum absolute atomic E-state index is 0.0279. The number of rotatable bonds is 7. The van der Waals surface area contributed by atoms with E-state index in [1.807, 2.05) is 24.3 Å². The molecule has 1 aliphatic heterocycles. The summed E-state index contributed by atoms with van der Waals surface area (Å²) >= 11 is 1.19. The highest BCUT2D eigenvalue weighted by atomic mass is 32.2. The average Bonchev–Trinajstić information content (AvgIpc) is 3.21. The summed E-state index contributed by atoms with van der Waals surface area (Å²) in [6.45, 7) is 3.85. The average molecular weight is 410 g/mol. The Kier molecular flexibility index (Phi) is 6.21. The van der Waals surface area contributed by atoms with Crippen LogP contribution in [0.1, 0.15) is 31.7 Å². The summed E-state index contributed by atoms with van der Waals surface area (Å²) in [6, 6.07) is 7.74. The quantitative estimate of drug-likeness (QED) is 0.702. The van der Waals surface area contributed by atoms with Crippen molar-refractivity contribution in [2.45, 2.75) is 43.6 Å². The Labute approximate surface area is 163 Å². The molecule has 0 unspecified atom stereocenters. The lowest BCUT2D eigenvalue weighted by Crippen LogP contribution is -2.22. The predicted molar refractivity (Wildman–Crippen MR) is 105 cm³/mol. The van der Waals surface area contributed by atoms with Crippen LogP contribution < -0.4 is 5.32 Å². The van der Waals surface area contributed by atoms with Crippen molar-refractivity contribution in [3.8, 4) is 0 Å². The Morgan fingerprint density at radius 1 is 1.33 bits per heavy atom. The monoisotopic (exact) mass is 409 g/mol. The molecule has 1 saturated heterocycles. The van der Waals surface area contributed by atoms with Gasteiger partial charge in [-0.05, 0) is 43.4 Å². The predicted octanol–water partition coefficient (Wildman–Crippen LogP) is 2.73. The molecule has 2 heterocycles. The molecule has 2 aromatic rings. The fourth-order valence-electron chi connectivity index (χ4n) is 2.92. The van der Waals surface area contributed by atoms with E-state index in [2.05, 4.69) is 22.4 Å². The van der Waals surface area contributed by atoms with E-state index in [0.717, 1.165) is 12.1 Å². The van der Waals surface area contributed by atoms with Crippen LogP contribution in [0.5, 0.6) is 0 Å². The van der Waals surface area contributed by atoms with Crippen LogP contribution in [0, 0.1) is 5.92 Å². The normalized spacial score (nSPS) is 19.7. The van der Waals surface area contributed by atoms with Gasteiger partial charge in [0, 0.05) is 12.1 Å². The van der Waals surface area contributed by atoms with Crippen LogP contribution in [0.15, 0.2) is 33.9 Å². The van der Waals surface area contributed by atoms with E-state index >= 15 is 0 Å². The zero-order valence-electron chi connectivity index (χ0n) is 15.3. The minimum Gasteiger partial charge on any atom is -0.416 e. The second kappa shape index (κ2) is 8.43. The number of thioether (sulfide) groups is 1. The van der Waals surface area contributed by atoms with Crippen molar-refractivity contribution in [2.75, 3.05) is 16.8 Å². The molecule has 1 aliphatic rings. The highest BCUT2D eigenvalue weighted by Gasteiger charge is 2.29. The molecular weight excluding hydrogens is 386 g/mol. The molecule has 1 amide bonds. The van der Waals surface area contributed by atoms with Gasteiger partial charge >= 0.3 is 0 Å². The van der Waals surface area contributed by atoms with Crippen LogP contribution in [0.2, 0.25) is 0 Å². The van der Waals surface area contributed by atoms with Gasteiger partial charge in [0.25, 0.3) is 5.22 Å². The molecule has 146 valence electrons. The summed E-state index contributed by atoms with van der Waals surface area (Å²) < 4.78 is 28.6. The maximum Gasteiger partial charge on any atom is 0.277 e. The van der Waals surface area contributed by atoms with Crippen molar-refractivity contribution in [2.24, 2.45) is 5.92 Å². The van der Waals surface area contributed by atoms with E-state index in [0.29, 0.717) is 24.0 Å². The lowest BCUT2D eigenvalue weighted by molar-refractivity contribution is -0.115. The number of sulfone groups is 1. The van der Waals surface area contributed by atoms with Crippen LogP contribution in [-0.2, 0) is 27.5 Å². The van der Waals surface area contributed by atoms with Crippen LogP contribution in [0.3, 0.4) is 0 Å². The van der Waals surface area contributed by atoms with E-state index < -0.39 is 15.1 Å². The minimum atomic E-state index is -2.92. The van der Waals surface area contributed by atoms with Crippen LogP contribution >= 0.6 is 11.8 Å². The van der Waals surface area contributed by atoms with Gasteiger partial charge in [-0.1, -0.05) is 30.8 Å². The summed E-state index contributed by atoms with van der Waals surface area (Å²) in [6.07, 6.45) is 2.03. The standard InChI is InChI=1S/C18H23N3O4S2/c1-3-13-4-6-15(7-5-13)19-17(22)12(2)26-18-21-20-16(25-18)10-14-8-9-27(23,24)11-14/h4-7,12,14H,3,8-11H2,1-2H3,(H,19,22)/t12-,14-/m1/s1. The molecular formula is C18H23N3O4S2. The maximum absolute atomic E-state index is 12.3. The molecule has 7 nitrogen and oxygen atoms in total. The fourth-order valence-corrected chi connectivity index (χ4v) is 5.48. The van der Waals surface area contributed by atoms with Crippen molar-refractivity contribution < 1.29 is 17.6 Å². The van der Waals surface area contributed by atoms with Gasteiger partial charge in [0.15, 0.2) is 9.84 Å². The lowest BCUT2D eigenvalue weighted by atomic mass is 10.1. The largest absolute Gasteiger partial charge is 0.416 e. The van der Waals surface area contributed by atoms with E-state index in [-0.39, 0.29) is 23.3 Å². The first-order valence-corrected chi connectivity index (χ1v) is 11.6. The van der Waals surface area contributed by atoms with E-state index in [1.165, 1.54) is 17.3 Å². The van der Waals surface area contributed by atoms with Gasteiger partial charge in [-0.25, -0.2) is 8.42 Å². The number of anilines is 1. The number of carbonyl (C=O) groups excluding carboxylic acids is 1. The summed E-state index contributed by atoms with van der Waals surface area (Å²) in [5.41, 5.74) is 1.96. The van der Waals surface area contributed by atoms with Gasteiger partial charge in [-0.15, -0.1) is 10.2 Å². The Bertz CT molecular complexity index is 894. The van der Waals surface area contributed by atoms with Crippen molar-refractivity contribution in [3.05, 3.63) is 35.7 Å². The number of hydrogen-bond acceptors (Lipinski definition) is 7. The summed E-state index contributed by atoms with van der Waals surface area (Å²) in [7, 11) is -2.92. The zero-order chi connectivity index (χ0) is 19.4. The Morgan fingerprint density at radius 3 is 2.70 bits per heavy atom. The number of amides is 1. The van der Waals surface area contributed by atoms with Crippen molar-refractivity contribution in [1.82, 2.24) is 10.2 Å². The van der Waals surface area contributed by atoms with E-state index in [9.17, 15) is 13.2 Å². The highest BCUT2D eigenvalue weighted by Crippen LogP contribution is 2.26. The summed E-state index contributed by atoms with van der Waals surface area (Å²) in [5.74, 6) is 0.700. The first kappa shape index (κ1) is 19.9. The second-order valence-corrected chi connectivity index (χ2v) is 10.3. The lowest BCUT2D eigenvalue weighted by Gasteiger charge is -2.10. The number of benzene rings is 1. The number of hydrogen-bond donors (Lipinski definition) is 1. The van der Waals surface area contributed by atoms with Gasteiger partial charge in [0.2, 0.25) is 11.8 Å². The van der Waals surface area contributed by atoms with Crippen molar-refractivity contribution in [1.29, 1.82) is 0 Å². The smallest absolute Gasteiger partial charge is 0.277 e. The molecule has 0 radical (unpaired) electrons. The number of aryl methyl sites for hydroxylation is 1. The molecule has 1 aromatic carbocycles. The summed E-state index contributed by atoms with van der Waals surface area (Å²) in [4.78, 5) is 12.3. The molecule has 27 heavy (non-hydrogen) atoms. The SMILES string of the molecule is CCc1ccc(NC(=O)[C@@H](C)Sc2nnc(C[C@H]3CCS(=O)(=O)C3)o2)cc1. The number of aromatic nitrogens is 2. The number of nitrogens with zero attached hydrogens (tertiary/aromatic N) is 2. The third-order valence-corrected chi connectivity index (χ3v) is 7.29. The van der Waals surface area contributed by atoms with Crippen LogP contribution in [0.4, 0.5) is 5.69 Å². The Hall–Kier alpha value is -1.87. The molecule has 1 N–H and O–H groups in total. The fraction of sp³-hybridized carbons (Fsp3) is 0.500. The number of carbonyl (C=O) groups is 1. The highest BCUT2D eigenvalue weighted by molar-refractivity contribution is 8.00. The first-order chi connectivity index (χ1) is 12.8. The van der Waals surface area contributed by atoms with Crippen molar-refractivity contribution in [3.63, 3.8) is 0 Å². The molecule has 1 fully saturated rings. The topological polar surface area (TPSA) is 102 Å². The second-order valence-electron chi connectivity index (χ2n) is 6.73. The Morgan fingerprint density at radius 2 is 2.07 bits per heavy atom. The molecule has 2 atom stereocenters. The molecule has 9 heteroatoms. The first-order valence-electron chi connectivity index (χ1n) is 8.94. The molecule has 0 saturated carbocycles. The number of nitrogens with one attached hydrogen (secondary N) is 1. The van der Waals surface area contributed by atoms with Gasteiger partial charge in [-0.3, -0.25) is 4.79 Å². The zero-order valence-corrected chi connectivity index (χ0v) is 17.0. The summed E-state index contributed by atoms with van der Waals surface area (Å²) in [5, 5.41) is 10.7. The van der Waals surface area contributed by atoms with E-state index in [4.69, 9.17) is 4.42 Å². The molecule has 1 aromatic heterocycles. The van der Waals surface area contributed by atoms with Gasteiger partial charge in [0.1, 0.15) is 0 Å². The van der Waals surface area contributed by atoms with Crippen LogP contribution in [-0.4, -0.2) is 41.3 Å². The molecule has 0 spiro atoms. The Balaban J connectivity index is 1.52. The van der Waals surface area contributed by atoms with E-state index in [1.54, 1.807) is 6.92 Å². The third kappa shape index (κ3) is 5.55.